The molecule has 0 radical (unpaired) electrons. The Balaban J connectivity index is 2.74. The second-order valence-corrected chi connectivity index (χ2v) is 5.43. The van der Waals surface area contributed by atoms with Gasteiger partial charge in [0, 0.05) is 22.2 Å². The van der Waals surface area contributed by atoms with Gasteiger partial charge in [-0.2, -0.15) is 0 Å². The van der Waals surface area contributed by atoms with Crippen molar-refractivity contribution in [3.8, 4) is 0 Å². The van der Waals surface area contributed by atoms with Gasteiger partial charge in [0.15, 0.2) is 0 Å². The highest BCUT2D eigenvalue weighted by Gasteiger charge is 2.45. The summed E-state index contributed by atoms with van der Waals surface area (Å²) in [5.74, 6) is 0.197. The van der Waals surface area contributed by atoms with Gasteiger partial charge in [0.2, 0.25) is 6.54 Å². The predicted octanol–water partition coefficient (Wildman–Crippen LogP) is 2.44. The van der Waals surface area contributed by atoms with Crippen molar-refractivity contribution in [2.75, 3.05) is 6.54 Å². The maximum Gasteiger partial charge on any atom is 0.204 e. The quantitative estimate of drug-likeness (QED) is 0.534. The molecule has 1 rings (SSSR count). The fourth-order valence-electron chi connectivity index (χ4n) is 2.54. The second-order valence-electron chi connectivity index (χ2n) is 5.43. The summed E-state index contributed by atoms with van der Waals surface area (Å²) in [5.41, 5.74) is -0.779. The van der Waals surface area contributed by atoms with Crippen molar-refractivity contribution in [3.63, 3.8) is 0 Å². The lowest BCUT2D eigenvalue weighted by molar-refractivity contribution is -0.482. The zero-order valence-electron chi connectivity index (χ0n) is 9.71. The van der Waals surface area contributed by atoms with Crippen LogP contribution in [0.3, 0.4) is 0 Å². The van der Waals surface area contributed by atoms with E-state index in [1.807, 2.05) is 20.8 Å². The lowest BCUT2D eigenvalue weighted by atomic mass is 9.62. The summed E-state index contributed by atoms with van der Waals surface area (Å²) in [6.07, 6.45) is 3.07. The molecule has 0 heterocycles. The van der Waals surface area contributed by atoms with E-state index in [2.05, 4.69) is 0 Å². The Morgan fingerprint density at radius 1 is 1.33 bits per heavy atom. The second kappa shape index (κ2) is 3.91. The highest BCUT2D eigenvalue weighted by Crippen LogP contribution is 2.44. The number of Topliss-reactive ketones (excluding diaryl/α,β-unsaturated/α-hetero) is 1. The Bertz CT molecular complexity index is 286. The van der Waals surface area contributed by atoms with Crippen LogP contribution < -0.4 is 0 Å². The Morgan fingerprint density at radius 3 is 2.47 bits per heavy atom. The van der Waals surface area contributed by atoms with Gasteiger partial charge in [-0.05, 0) is 12.8 Å². The Morgan fingerprint density at radius 2 is 1.93 bits per heavy atom. The normalized spacial score (nSPS) is 30.2. The van der Waals surface area contributed by atoms with Crippen LogP contribution in [0.1, 0.15) is 46.5 Å². The number of hydrogen-bond donors (Lipinski definition) is 0. The van der Waals surface area contributed by atoms with Crippen LogP contribution in [0.25, 0.3) is 0 Å². The van der Waals surface area contributed by atoms with E-state index in [0.29, 0.717) is 6.42 Å². The highest BCUT2D eigenvalue weighted by atomic mass is 16.6. The molecule has 0 aliphatic heterocycles. The predicted molar refractivity (Wildman–Crippen MR) is 57.2 cm³/mol. The molecule has 1 unspecified atom stereocenters. The lowest BCUT2D eigenvalue weighted by Gasteiger charge is -2.40. The monoisotopic (exact) mass is 213 g/mol. The van der Waals surface area contributed by atoms with E-state index in [-0.39, 0.29) is 22.7 Å². The Hall–Kier alpha value is -0.930. The molecule has 0 aromatic heterocycles. The zero-order valence-corrected chi connectivity index (χ0v) is 9.71. The molecule has 86 valence electrons. The fourth-order valence-corrected chi connectivity index (χ4v) is 2.54. The first-order valence-corrected chi connectivity index (χ1v) is 5.45. The first-order chi connectivity index (χ1) is 6.78. The summed E-state index contributed by atoms with van der Waals surface area (Å²) in [6, 6.07) is 0. The SMILES string of the molecule is CC1(C)CCCC(C)(CC[N+](=O)[O-])C1=O. The minimum atomic E-state index is -0.477. The number of nitrogens with zero attached hydrogens (tertiary/aromatic N) is 1. The summed E-state index contributed by atoms with van der Waals surface area (Å²) in [5, 5.41) is 10.3. The zero-order chi connectivity index (χ0) is 11.7. The van der Waals surface area contributed by atoms with Crippen molar-refractivity contribution in [1.29, 1.82) is 0 Å². The van der Waals surface area contributed by atoms with Crippen LogP contribution in [0.5, 0.6) is 0 Å². The van der Waals surface area contributed by atoms with Crippen molar-refractivity contribution in [2.24, 2.45) is 10.8 Å². The van der Waals surface area contributed by atoms with Crippen LogP contribution in [0, 0.1) is 20.9 Å². The molecule has 1 aliphatic rings. The largest absolute Gasteiger partial charge is 0.298 e. The minimum absolute atomic E-state index is 0.0989. The van der Waals surface area contributed by atoms with Crippen molar-refractivity contribution in [2.45, 2.75) is 46.5 Å². The summed E-state index contributed by atoms with van der Waals surface area (Å²) in [4.78, 5) is 22.2. The third-order valence-corrected chi connectivity index (χ3v) is 3.54. The van der Waals surface area contributed by atoms with Crippen LogP contribution in [0.15, 0.2) is 0 Å². The molecular formula is C11H19NO3. The molecule has 0 bridgehead atoms. The van der Waals surface area contributed by atoms with Gasteiger partial charge in [0.25, 0.3) is 0 Å². The van der Waals surface area contributed by atoms with Crippen molar-refractivity contribution in [1.82, 2.24) is 0 Å². The molecule has 4 heteroatoms. The molecule has 1 aliphatic carbocycles. The lowest BCUT2D eigenvalue weighted by Crippen LogP contribution is -2.43. The van der Waals surface area contributed by atoms with Gasteiger partial charge in [-0.15, -0.1) is 0 Å². The molecule has 0 spiro atoms. The van der Waals surface area contributed by atoms with E-state index >= 15 is 0 Å². The third kappa shape index (κ3) is 2.55. The van der Waals surface area contributed by atoms with Crippen molar-refractivity contribution in [3.05, 3.63) is 10.1 Å². The molecule has 4 nitrogen and oxygen atoms in total. The summed E-state index contributed by atoms with van der Waals surface area (Å²) in [6.45, 7) is 5.66. The molecule has 0 saturated heterocycles. The molecule has 1 atom stereocenters. The van der Waals surface area contributed by atoms with Gasteiger partial charge in [-0.25, -0.2) is 0 Å². The highest BCUT2D eigenvalue weighted by molar-refractivity contribution is 5.90. The standard InChI is InChI=1S/C11H19NO3/c1-10(2)5-4-6-11(3,9(10)13)7-8-12(14)15/h4-8H2,1-3H3. The van der Waals surface area contributed by atoms with Crippen LogP contribution in [0.2, 0.25) is 0 Å². The van der Waals surface area contributed by atoms with E-state index < -0.39 is 5.41 Å². The molecular weight excluding hydrogens is 194 g/mol. The van der Waals surface area contributed by atoms with Gasteiger partial charge in [0.05, 0.1) is 0 Å². The van der Waals surface area contributed by atoms with E-state index in [1.54, 1.807) is 0 Å². The van der Waals surface area contributed by atoms with E-state index in [0.717, 1.165) is 19.3 Å². The Labute approximate surface area is 90.2 Å². The van der Waals surface area contributed by atoms with Gasteiger partial charge in [-0.1, -0.05) is 27.2 Å². The van der Waals surface area contributed by atoms with Gasteiger partial charge >= 0.3 is 0 Å². The fraction of sp³-hybridized carbons (Fsp3) is 0.909. The Kier molecular flexibility index (Phi) is 3.16. The summed E-state index contributed by atoms with van der Waals surface area (Å²) >= 11 is 0. The molecule has 1 saturated carbocycles. The number of carbonyl (C=O) groups is 1. The molecule has 0 amide bonds. The van der Waals surface area contributed by atoms with Crippen molar-refractivity contribution < 1.29 is 9.72 Å². The molecule has 0 N–H and O–H groups in total. The summed E-state index contributed by atoms with van der Waals surface area (Å²) < 4.78 is 0. The number of carbonyl (C=O) groups excluding carboxylic acids is 1. The van der Waals surface area contributed by atoms with Crippen molar-refractivity contribution >= 4 is 5.78 Å². The van der Waals surface area contributed by atoms with Gasteiger partial charge < -0.3 is 0 Å². The number of ketones is 1. The maximum absolute atomic E-state index is 12.2. The maximum atomic E-state index is 12.2. The van der Waals surface area contributed by atoms with Crippen LogP contribution in [-0.4, -0.2) is 17.3 Å². The van der Waals surface area contributed by atoms with Crippen LogP contribution in [0.4, 0.5) is 0 Å². The number of nitro groups is 1. The first kappa shape index (κ1) is 12.1. The van der Waals surface area contributed by atoms with Crippen LogP contribution >= 0.6 is 0 Å². The van der Waals surface area contributed by atoms with Gasteiger partial charge in [-0.3, -0.25) is 14.9 Å². The van der Waals surface area contributed by atoms with E-state index in [4.69, 9.17) is 0 Å². The molecule has 15 heavy (non-hydrogen) atoms. The third-order valence-electron chi connectivity index (χ3n) is 3.54. The smallest absolute Gasteiger partial charge is 0.204 e. The molecule has 1 fully saturated rings. The average molecular weight is 213 g/mol. The number of rotatable bonds is 3. The molecule has 0 aromatic carbocycles. The minimum Gasteiger partial charge on any atom is -0.298 e. The van der Waals surface area contributed by atoms with E-state index in [9.17, 15) is 14.9 Å². The number of hydrogen-bond acceptors (Lipinski definition) is 3. The summed E-state index contributed by atoms with van der Waals surface area (Å²) in [7, 11) is 0. The molecule has 0 aromatic rings. The topological polar surface area (TPSA) is 60.2 Å². The van der Waals surface area contributed by atoms with Crippen LogP contribution in [-0.2, 0) is 4.79 Å². The van der Waals surface area contributed by atoms with Gasteiger partial charge in [0.1, 0.15) is 5.78 Å². The first-order valence-electron chi connectivity index (χ1n) is 5.45. The van der Waals surface area contributed by atoms with E-state index in [1.165, 1.54) is 0 Å². The average Bonchev–Trinajstić information content (AvgIpc) is 2.11.